The zero-order valence-corrected chi connectivity index (χ0v) is 11.2. The second kappa shape index (κ2) is 6.49. The third-order valence-corrected chi connectivity index (χ3v) is 3.36. The van der Waals surface area contributed by atoms with Gasteiger partial charge in [0, 0.05) is 6.54 Å². The van der Waals surface area contributed by atoms with E-state index in [1.165, 1.54) is 4.90 Å². The minimum Gasteiger partial charge on any atom is -0.377 e. The van der Waals surface area contributed by atoms with E-state index in [0.29, 0.717) is 19.6 Å². The third-order valence-electron chi connectivity index (χ3n) is 3.36. The lowest BCUT2D eigenvalue weighted by molar-refractivity contribution is -0.148. The highest BCUT2D eigenvalue weighted by atomic mass is 16.5. The number of nitrogens with two attached hydrogens (primary N) is 2. The molecule has 1 fully saturated rings. The maximum absolute atomic E-state index is 12.4. The topological polar surface area (TPSA) is 98.7 Å². The number of hydrogen-bond donors (Lipinski definition) is 2. The van der Waals surface area contributed by atoms with Gasteiger partial charge in [0.1, 0.15) is 6.04 Å². The van der Waals surface area contributed by atoms with Crippen LogP contribution in [0, 0.1) is 0 Å². The van der Waals surface area contributed by atoms with Crippen LogP contribution in [-0.4, -0.2) is 48.6 Å². The van der Waals surface area contributed by atoms with Crippen molar-refractivity contribution in [2.45, 2.75) is 18.5 Å². The van der Waals surface area contributed by atoms with E-state index >= 15 is 0 Å². The summed E-state index contributed by atoms with van der Waals surface area (Å²) in [5.41, 5.74) is 12.2. The molecule has 0 spiro atoms. The Morgan fingerprint density at radius 2 is 2.05 bits per heavy atom. The highest BCUT2D eigenvalue weighted by Gasteiger charge is 2.33. The summed E-state index contributed by atoms with van der Waals surface area (Å²) in [5.74, 6) is -0.828. The molecule has 108 valence electrons. The molecular weight excluding hydrogens is 258 g/mol. The number of nitrogens with zero attached hydrogens (tertiary/aromatic N) is 1. The molecule has 1 unspecified atom stereocenters. The molecule has 1 saturated heterocycles. The van der Waals surface area contributed by atoms with E-state index in [1.807, 2.05) is 30.3 Å². The van der Waals surface area contributed by atoms with Gasteiger partial charge < -0.3 is 21.1 Å². The summed E-state index contributed by atoms with van der Waals surface area (Å²) in [6.45, 7) is 0.877. The monoisotopic (exact) mass is 277 g/mol. The van der Waals surface area contributed by atoms with Crippen LogP contribution in [0.2, 0.25) is 0 Å². The quantitative estimate of drug-likeness (QED) is 0.758. The van der Waals surface area contributed by atoms with Gasteiger partial charge in [-0.25, -0.2) is 0 Å². The Bertz CT molecular complexity index is 478. The van der Waals surface area contributed by atoms with E-state index in [4.69, 9.17) is 16.2 Å². The predicted octanol–water partition coefficient (Wildman–Crippen LogP) is -0.731. The zero-order valence-electron chi connectivity index (χ0n) is 11.2. The van der Waals surface area contributed by atoms with E-state index < -0.39 is 18.0 Å². The first-order valence-electron chi connectivity index (χ1n) is 6.56. The minimum atomic E-state index is -0.724. The zero-order chi connectivity index (χ0) is 14.5. The summed E-state index contributed by atoms with van der Waals surface area (Å²) in [5, 5.41) is 0. The lowest BCUT2D eigenvalue weighted by Gasteiger charge is -2.35. The van der Waals surface area contributed by atoms with Crippen molar-refractivity contribution < 1.29 is 14.3 Å². The van der Waals surface area contributed by atoms with Crippen molar-refractivity contribution in [1.29, 1.82) is 0 Å². The molecule has 1 aliphatic heterocycles. The standard InChI is InChI=1S/C14H19N3O3/c15-11(8-10-4-2-1-3-5-10)14(19)17-6-7-20-9-12(17)13(16)18/h1-5,11-12H,6-9,15H2,(H2,16,18)/t11-,12?/m1/s1. The van der Waals surface area contributed by atoms with Gasteiger partial charge in [-0.2, -0.15) is 0 Å². The molecule has 2 rings (SSSR count). The Morgan fingerprint density at radius 3 is 2.70 bits per heavy atom. The van der Waals surface area contributed by atoms with Crippen LogP contribution < -0.4 is 11.5 Å². The van der Waals surface area contributed by atoms with Gasteiger partial charge in [0.2, 0.25) is 11.8 Å². The first kappa shape index (κ1) is 14.5. The van der Waals surface area contributed by atoms with Crippen LogP contribution in [0.3, 0.4) is 0 Å². The maximum atomic E-state index is 12.4. The van der Waals surface area contributed by atoms with Gasteiger partial charge in [-0.15, -0.1) is 0 Å². The van der Waals surface area contributed by atoms with Crippen LogP contribution >= 0.6 is 0 Å². The molecule has 1 aromatic rings. The Morgan fingerprint density at radius 1 is 1.35 bits per heavy atom. The third kappa shape index (κ3) is 3.34. The molecule has 2 amide bonds. The molecule has 6 heteroatoms. The highest BCUT2D eigenvalue weighted by Crippen LogP contribution is 2.10. The summed E-state index contributed by atoms with van der Waals surface area (Å²) in [4.78, 5) is 25.1. The van der Waals surface area contributed by atoms with E-state index in [1.54, 1.807) is 0 Å². The molecule has 4 N–H and O–H groups in total. The molecule has 0 bridgehead atoms. The lowest BCUT2D eigenvalue weighted by atomic mass is 10.0. The summed E-state index contributed by atoms with van der Waals surface area (Å²) < 4.78 is 5.19. The second-order valence-electron chi connectivity index (χ2n) is 4.82. The first-order valence-corrected chi connectivity index (χ1v) is 6.56. The number of carbonyl (C=O) groups is 2. The molecule has 0 aliphatic carbocycles. The molecule has 2 atom stereocenters. The fourth-order valence-corrected chi connectivity index (χ4v) is 2.27. The molecular formula is C14H19N3O3. The number of primary amides is 1. The van der Waals surface area contributed by atoms with Crippen molar-refractivity contribution in [3.05, 3.63) is 35.9 Å². The molecule has 1 aliphatic rings. The Labute approximate surface area is 117 Å². The van der Waals surface area contributed by atoms with E-state index in [-0.39, 0.29) is 12.5 Å². The Balaban J connectivity index is 2.03. The molecule has 0 aromatic heterocycles. The minimum absolute atomic E-state index is 0.138. The number of benzene rings is 1. The Hall–Kier alpha value is -1.92. The largest absolute Gasteiger partial charge is 0.377 e. The molecule has 1 heterocycles. The summed E-state index contributed by atoms with van der Waals surface area (Å²) in [7, 11) is 0. The van der Waals surface area contributed by atoms with Gasteiger partial charge in [0.15, 0.2) is 0 Å². The molecule has 20 heavy (non-hydrogen) atoms. The average Bonchev–Trinajstić information content (AvgIpc) is 2.47. The number of carbonyl (C=O) groups excluding carboxylic acids is 2. The maximum Gasteiger partial charge on any atom is 0.242 e. The molecule has 0 radical (unpaired) electrons. The van der Waals surface area contributed by atoms with Crippen molar-refractivity contribution in [1.82, 2.24) is 4.90 Å². The van der Waals surface area contributed by atoms with Crippen LogP contribution in [0.15, 0.2) is 30.3 Å². The van der Waals surface area contributed by atoms with Gasteiger partial charge in [-0.1, -0.05) is 30.3 Å². The number of rotatable bonds is 4. The van der Waals surface area contributed by atoms with Crippen molar-refractivity contribution in [2.75, 3.05) is 19.8 Å². The first-order chi connectivity index (χ1) is 9.59. The second-order valence-corrected chi connectivity index (χ2v) is 4.82. The average molecular weight is 277 g/mol. The van der Waals surface area contributed by atoms with Crippen LogP contribution in [0.25, 0.3) is 0 Å². The lowest BCUT2D eigenvalue weighted by Crippen LogP contribution is -2.58. The fourth-order valence-electron chi connectivity index (χ4n) is 2.27. The van der Waals surface area contributed by atoms with Crippen LogP contribution in [0.1, 0.15) is 5.56 Å². The number of ether oxygens (including phenoxy) is 1. The highest BCUT2D eigenvalue weighted by molar-refractivity contribution is 5.89. The summed E-state index contributed by atoms with van der Waals surface area (Å²) in [6.07, 6.45) is 0.433. The van der Waals surface area contributed by atoms with Crippen molar-refractivity contribution in [2.24, 2.45) is 11.5 Å². The van der Waals surface area contributed by atoms with Crippen molar-refractivity contribution >= 4 is 11.8 Å². The van der Waals surface area contributed by atoms with E-state index in [0.717, 1.165) is 5.56 Å². The molecule has 1 aromatic carbocycles. The Kier molecular flexibility index (Phi) is 4.70. The predicted molar refractivity (Wildman–Crippen MR) is 73.6 cm³/mol. The van der Waals surface area contributed by atoms with Gasteiger partial charge in [-0.3, -0.25) is 9.59 Å². The fraction of sp³-hybridized carbons (Fsp3) is 0.429. The smallest absolute Gasteiger partial charge is 0.242 e. The SMILES string of the molecule is NC(=O)C1COCCN1C(=O)[C@H](N)Cc1ccccc1. The number of hydrogen-bond acceptors (Lipinski definition) is 4. The normalized spacial score (nSPS) is 20.4. The number of morpholine rings is 1. The van der Waals surface area contributed by atoms with Gasteiger partial charge in [0.05, 0.1) is 19.3 Å². The molecule has 0 saturated carbocycles. The van der Waals surface area contributed by atoms with Crippen molar-refractivity contribution in [3.63, 3.8) is 0 Å². The van der Waals surface area contributed by atoms with Gasteiger partial charge >= 0.3 is 0 Å². The molecule has 6 nitrogen and oxygen atoms in total. The van der Waals surface area contributed by atoms with Gasteiger partial charge in [0.25, 0.3) is 0 Å². The summed E-state index contributed by atoms with van der Waals surface area (Å²) in [6, 6.07) is 8.12. The van der Waals surface area contributed by atoms with Crippen molar-refractivity contribution in [3.8, 4) is 0 Å². The van der Waals surface area contributed by atoms with Crippen LogP contribution in [-0.2, 0) is 20.7 Å². The van der Waals surface area contributed by atoms with Crippen LogP contribution in [0.5, 0.6) is 0 Å². The van der Waals surface area contributed by atoms with E-state index in [2.05, 4.69) is 0 Å². The summed E-state index contributed by atoms with van der Waals surface area (Å²) >= 11 is 0. The van der Waals surface area contributed by atoms with Gasteiger partial charge in [-0.05, 0) is 12.0 Å². The number of amides is 2. The van der Waals surface area contributed by atoms with E-state index in [9.17, 15) is 9.59 Å². The van der Waals surface area contributed by atoms with Crippen LogP contribution in [0.4, 0.5) is 0 Å².